The number of ether oxygens (including phenoxy) is 1. The minimum absolute atomic E-state index is 0.309. The maximum absolute atomic E-state index is 6.03. The highest BCUT2D eigenvalue weighted by Crippen LogP contribution is 2.36. The molecule has 1 aromatic carbocycles. The van der Waals surface area contributed by atoms with Gasteiger partial charge in [-0.1, -0.05) is 12.1 Å². The van der Waals surface area contributed by atoms with Gasteiger partial charge in [0.05, 0.1) is 17.8 Å². The van der Waals surface area contributed by atoms with Crippen LogP contribution in [0, 0.1) is 0 Å². The predicted octanol–water partition coefficient (Wildman–Crippen LogP) is 1.05. The molecule has 1 fully saturated rings. The molecule has 6 heteroatoms. The Morgan fingerprint density at radius 3 is 2.10 bits per heavy atom. The number of rotatable bonds is 6. The molecule has 1 saturated heterocycles. The third-order valence-electron chi connectivity index (χ3n) is 4.17. The van der Waals surface area contributed by atoms with Crippen LogP contribution in [0.15, 0.2) is 24.3 Å². The van der Waals surface area contributed by atoms with Crippen molar-refractivity contribution in [2.45, 2.75) is 45.3 Å². The highest BCUT2D eigenvalue weighted by Gasteiger charge is 2.51. The Bertz CT molecular complexity index is 445. The molecule has 1 aromatic rings. The fourth-order valence-electron chi connectivity index (χ4n) is 2.09. The van der Waals surface area contributed by atoms with Gasteiger partial charge < -0.3 is 18.5 Å². The molecule has 0 amide bonds. The lowest BCUT2D eigenvalue weighted by Crippen LogP contribution is -2.41. The highest BCUT2D eigenvalue weighted by atomic mass is 28.2. The van der Waals surface area contributed by atoms with E-state index < -0.39 is 0 Å². The molecule has 1 aliphatic heterocycles. The van der Waals surface area contributed by atoms with Crippen LogP contribution >= 0.6 is 0 Å². The van der Waals surface area contributed by atoms with Crippen LogP contribution in [-0.4, -0.2) is 42.0 Å². The Morgan fingerprint density at radius 2 is 1.57 bits per heavy atom. The lowest BCUT2D eigenvalue weighted by Gasteiger charge is -2.32. The van der Waals surface area contributed by atoms with Crippen LogP contribution in [0.2, 0.25) is 0 Å². The second-order valence-corrected chi connectivity index (χ2v) is 6.93. The van der Waals surface area contributed by atoms with Crippen molar-refractivity contribution < 1.29 is 18.5 Å². The van der Waals surface area contributed by atoms with E-state index in [0.29, 0.717) is 6.61 Å². The first-order valence-corrected chi connectivity index (χ1v) is 8.25. The van der Waals surface area contributed by atoms with Gasteiger partial charge in [0, 0.05) is 13.0 Å². The zero-order valence-corrected chi connectivity index (χ0v) is 15.6. The molecule has 1 aliphatic rings. The molecular formula is C15H25BO4Si. The summed E-state index contributed by atoms with van der Waals surface area (Å²) < 4.78 is 22.8. The van der Waals surface area contributed by atoms with E-state index in [4.69, 9.17) is 18.5 Å². The fraction of sp³-hybridized carbons (Fsp3) is 0.600. The van der Waals surface area contributed by atoms with Crippen molar-refractivity contribution in [3.05, 3.63) is 24.3 Å². The normalized spacial score (nSPS) is 19.9. The molecule has 116 valence electrons. The molecule has 0 unspecified atom stereocenters. The van der Waals surface area contributed by atoms with Crippen LogP contribution in [-0.2, 0) is 13.7 Å². The first-order valence-electron chi connectivity index (χ1n) is 7.43. The smallest absolute Gasteiger partial charge is 0.494 e. The van der Waals surface area contributed by atoms with Crippen LogP contribution in [0.5, 0.6) is 5.75 Å². The standard InChI is InChI=1S/C15H25BO4Si/c1-14(2)15(3,4)20-16(19-14)12-6-8-13(9-7-12)17-10-5-11-18-21/h6-9H,5,10-11H2,1-4,21H3. The lowest BCUT2D eigenvalue weighted by atomic mass is 9.79. The van der Waals surface area contributed by atoms with Crippen LogP contribution in [0.25, 0.3) is 0 Å². The highest BCUT2D eigenvalue weighted by molar-refractivity contribution is 6.62. The van der Waals surface area contributed by atoms with E-state index in [2.05, 4.69) is 27.7 Å². The van der Waals surface area contributed by atoms with Crippen molar-refractivity contribution in [2.24, 2.45) is 0 Å². The molecule has 0 radical (unpaired) electrons. The fourth-order valence-corrected chi connectivity index (χ4v) is 2.38. The summed E-state index contributed by atoms with van der Waals surface area (Å²) in [6, 6.07) is 7.92. The largest absolute Gasteiger partial charge is 0.494 e. The number of hydrogen-bond donors (Lipinski definition) is 0. The van der Waals surface area contributed by atoms with Crippen molar-refractivity contribution in [3.8, 4) is 5.75 Å². The molecule has 0 N–H and O–H groups in total. The zero-order valence-electron chi connectivity index (χ0n) is 13.6. The van der Waals surface area contributed by atoms with Gasteiger partial charge >= 0.3 is 7.12 Å². The third-order valence-corrected chi connectivity index (χ3v) is 4.58. The van der Waals surface area contributed by atoms with Crippen molar-refractivity contribution in [3.63, 3.8) is 0 Å². The van der Waals surface area contributed by atoms with E-state index in [1.165, 1.54) is 0 Å². The maximum atomic E-state index is 6.03. The second kappa shape index (κ2) is 6.52. The van der Waals surface area contributed by atoms with Gasteiger partial charge in [-0.3, -0.25) is 0 Å². The summed E-state index contributed by atoms with van der Waals surface area (Å²) >= 11 is 0. The van der Waals surface area contributed by atoms with Crippen molar-refractivity contribution in [1.29, 1.82) is 0 Å². The first kappa shape index (κ1) is 16.6. The van der Waals surface area contributed by atoms with Gasteiger partial charge in [0.2, 0.25) is 0 Å². The molecule has 4 nitrogen and oxygen atoms in total. The van der Waals surface area contributed by atoms with Gasteiger partial charge in [-0.05, 0) is 45.3 Å². The van der Waals surface area contributed by atoms with Gasteiger partial charge in [0.1, 0.15) is 16.2 Å². The molecule has 0 aromatic heterocycles. The van der Waals surface area contributed by atoms with E-state index in [1.54, 1.807) is 0 Å². The average molecular weight is 308 g/mol. The third kappa shape index (κ3) is 3.88. The molecule has 0 bridgehead atoms. The van der Waals surface area contributed by atoms with E-state index >= 15 is 0 Å². The molecule has 0 spiro atoms. The monoisotopic (exact) mass is 308 g/mol. The summed E-state index contributed by atoms with van der Waals surface area (Å²) in [6.07, 6.45) is 0.919. The van der Waals surface area contributed by atoms with Crippen molar-refractivity contribution in [1.82, 2.24) is 0 Å². The molecule has 0 atom stereocenters. The second-order valence-electron chi connectivity index (χ2n) is 6.35. The van der Waals surface area contributed by atoms with Crippen LogP contribution < -0.4 is 10.2 Å². The topological polar surface area (TPSA) is 36.9 Å². The van der Waals surface area contributed by atoms with Crippen LogP contribution in [0.3, 0.4) is 0 Å². The Kier molecular flexibility index (Phi) is 5.14. The summed E-state index contributed by atoms with van der Waals surface area (Å²) in [6.45, 7) is 9.69. The zero-order chi connectivity index (χ0) is 15.5. The van der Waals surface area contributed by atoms with Gasteiger partial charge in [0.25, 0.3) is 0 Å². The van der Waals surface area contributed by atoms with Crippen molar-refractivity contribution in [2.75, 3.05) is 13.2 Å². The Labute approximate surface area is 130 Å². The SMILES string of the molecule is CC1(C)OB(c2ccc(OCCCO[SiH3])cc2)OC1(C)C. The molecule has 1 heterocycles. The number of benzene rings is 1. The number of hydrogen-bond acceptors (Lipinski definition) is 4. The van der Waals surface area contributed by atoms with Gasteiger partial charge in [-0.2, -0.15) is 0 Å². The van der Waals surface area contributed by atoms with E-state index in [-0.39, 0.29) is 18.3 Å². The minimum Gasteiger partial charge on any atom is -0.494 e. The summed E-state index contributed by atoms with van der Waals surface area (Å²) in [7, 11) is 0.470. The average Bonchev–Trinajstić information content (AvgIpc) is 2.64. The quantitative estimate of drug-likeness (QED) is 0.581. The summed E-state index contributed by atoms with van der Waals surface area (Å²) in [5.41, 5.74) is 0.399. The summed E-state index contributed by atoms with van der Waals surface area (Å²) in [5.74, 6) is 0.864. The Balaban J connectivity index is 1.94. The predicted molar refractivity (Wildman–Crippen MR) is 88.2 cm³/mol. The van der Waals surface area contributed by atoms with Crippen LogP contribution in [0.4, 0.5) is 0 Å². The Morgan fingerprint density at radius 1 is 1.00 bits per heavy atom. The molecule has 2 rings (SSSR count). The Hall–Kier alpha value is -0.818. The van der Waals surface area contributed by atoms with Gasteiger partial charge in [-0.15, -0.1) is 0 Å². The molecule has 0 aliphatic carbocycles. The van der Waals surface area contributed by atoms with E-state index in [1.807, 2.05) is 24.3 Å². The van der Waals surface area contributed by atoms with Crippen LogP contribution in [0.1, 0.15) is 34.1 Å². The maximum Gasteiger partial charge on any atom is 0.494 e. The summed E-state index contributed by atoms with van der Waals surface area (Å²) in [4.78, 5) is 0. The van der Waals surface area contributed by atoms with E-state index in [9.17, 15) is 0 Å². The summed E-state index contributed by atoms with van der Waals surface area (Å²) in [5, 5.41) is 0. The van der Waals surface area contributed by atoms with Crippen molar-refractivity contribution >= 4 is 23.1 Å². The molecular weight excluding hydrogens is 283 g/mol. The lowest BCUT2D eigenvalue weighted by molar-refractivity contribution is 0.00578. The van der Waals surface area contributed by atoms with Gasteiger partial charge in [0.15, 0.2) is 0 Å². The van der Waals surface area contributed by atoms with Gasteiger partial charge in [-0.25, -0.2) is 0 Å². The first-order chi connectivity index (χ1) is 9.86. The minimum atomic E-state index is -0.317. The van der Waals surface area contributed by atoms with E-state index in [0.717, 1.165) is 34.7 Å². The molecule has 0 saturated carbocycles. The molecule has 21 heavy (non-hydrogen) atoms.